The first kappa shape index (κ1) is 61.8. The summed E-state index contributed by atoms with van der Waals surface area (Å²) in [5, 5.41) is 208. The Balaban J connectivity index is 1.03. The van der Waals surface area contributed by atoms with Crippen molar-refractivity contribution in [1.82, 2.24) is 0 Å². The van der Waals surface area contributed by atoms with E-state index in [4.69, 9.17) is 61.6 Å². The molecule has 23 aliphatic rings. The number of rotatable bonds is 7. The molecule has 7 unspecified atom stereocenters. The third-order valence-corrected chi connectivity index (χ3v) is 15.9. The fourth-order valence-electron chi connectivity index (χ4n) is 11.4. The van der Waals surface area contributed by atoms with Gasteiger partial charge in [-0.3, -0.25) is 0 Å². The maximum absolute atomic E-state index is 11.4. The molecule has 0 radical (unpaired) electrons. The molecule has 0 aromatic rings. The van der Waals surface area contributed by atoms with Crippen molar-refractivity contribution in [2.24, 2.45) is 17.8 Å². The number of ether oxygens (including phenoxy) is 13. The summed E-state index contributed by atoms with van der Waals surface area (Å²) >= 11 is 0. The van der Waals surface area contributed by atoms with Crippen LogP contribution in [-0.4, -0.2) is 341 Å². The highest BCUT2D eigenvalue weighted by molar-refractivity contribution is 4.99. The Hall–Kier alpha value is -1.28. The quantitative estimate of drug-likeness (QED) is 0.113. The van der Waals surface area contributed by atoms with Crippen molar-refractivity contribution in [3.8, 4) is 0 Å². The second kappa shape index (κ2) is 27.0. The van der Waals surface area contributed by atoms with Crippen LogP contribution in [-0.2, 0) is 61.6 Å². The highest BCUT2D eigenvalue weighted by Crippen LogP contribution is 2.40. The molecule has 448 valence electrons. The van der Waals surface area contributed by atoms with Gasteiger partial charge in [0.2, 0.25) is 0 Å². The van der Waals surface area contributed by atoms with Crippen LogP contribution in [0, 0.1) is 17.8 Å². The van der Waals surface area contributed by atoms with E-state index in [0.717, 1.165) is 0 Å². The highest BCUT2D eigenvalue weighted by Gasteiger charge is 2.57. The zero-order valence-electron chi connectivity index (χ0n) is 41.3. The molecule has 14 bridgehead atoms. The monoisotopic (exact) mass is 1130 g/mol. The van der Waals surface area contributed by atoms with Crippen LogP contribution in [0.4, 0.5) is 0 Å². The van der Waals surface area contributed by atoms with Gasteiger partial charge in [0.05, 0.1) is 108 Å². The van der Waals surface area contributed by atoms with Gasteiger partial charge in [0.25, 0.3) is 0 Å². The Morgan fingerprint density at radius 3 is 1.05 bits per heavy atom. The summed E-state index contributed by atoms with van der Waals surface area (Å²) in [4.78, 5) is 0. The van der Waals surface area contributed by atoms with Gasteiger partial charge < -0.3 is 159 Å². The molecule has 77 heavy (non-hydrogen) atoms. The molecule has 0 aromatic carbocycles. The molecule has 23 aliphatic heterocycles. The fraction of sp³-hybridized carbons (Fsp3) is 1.00. The average molecular weight is 1130 g/mol. The van der Waals surface area contributed by atoms with Crippen molar-refractivity contribution < 1.29 is 159 Å². The normalized spacial score (nSPS) is 53.7. The summed E-state index contributed by atoms with van der Waals surface area (Å²) in [5.41, 5.74) is 0. The molecule has 23 saturated heterocycles. The van der Waals surface area contributed by atoms with Gasteiger partial charge in [0.15, 0.2) is 37.7 Å². The zero-order valence-corrected chi connectivity index (χ0v) is 41.3. The Labute approximate surface area is 438 Å². The van der Waals surface area contributed by atoms with Crippen molar-refractivity contribution in [1.29, 1.82) is 0 Å². The second-order valence-corrected chi connectivity index (χ2v) is 20.7. The zero-order chi connectivity index (χ0) is 55.7. The topological polar surface area (TPSA) is 504 Å². The molecule has 23 rings (SSSR count). The van der Waals surface area contributed by atoms with Gasteiger partial charge in [-0.15, -0.1) is 0 Å². The van der Waals surface area contributed by atoms with Crippen LogP contribution >= 0.6 is 0 Å². The summed E-state index contributed by atoms with van der Waals surface area (Å²) < 4.78 is 75.5. The van der Waals surface area contributed by atoms with Gasteiger partial charge in [-0.2, -0.15) is 0 Å². The molecule has 33 atom stereocenters. The van der Waals surface area contributed by atoms with Gasteiger partial charge in [0.1, 0.15) is 97.7 Å². The molecular formula is C45H76O32. The number of aliphatic hydroxyl groups excluding tert-OH is 19. The van der Waals surface area contributed by atoms with E-state index in [-0.39, 0.29) is 19.3 Å². The van der Waals surface area contributed by atoms with E-state index in [1.54, 1.807) is 0 Å². The first-order valence-corrected chi connectivity index (χ1v) is 25.7. The Kier molecular flexibility index (Phi) is 21.6. The Bertz CT molecular complexity index is 1790. The predicted octanol–water partition coefficient (Wildman–Crippen LogP) is -12.0. The first-order valence-electron chi connectivity index (χ1n) is 25.7. The fourth-order valence-corrected chi connectivity index (χ4v) is 11.4. The van der Waals surface area contributed by atoms with E-state index in [1.165, 1.54) is 0 Å². The maximum Gasteiger partial charge on any atom is 0.187 e. The van der Waals surface area contributed by atoms with Crippen LogP contribution in [0.15, 0.2) is 0 Å². The standard InChI is InChI=1S/C45H76O32/c46-4-19-14-1-13-2-18(54)37(22(7-49)67-13)75-43-33(61)28(56)16(21(6-48)70-43)12-65-41-32(60)27(55)15(20(5-47)69-41)11-66-42-34(62)29(57)39(24(9-51)71-42)76-45-36(64)31(59)40(25(10-52)73-45)77-44-35(63)30(58)38(23(8-50)72-44)74-26(68-19)3-17(14)53/h13-64H,1-12H2/t13?,14-,15+,16+,17+,18+,19+,20+,21+,22+,23+,24+,25+,26?,27-,28-,29+,30+,31+,32+,33+,34+,35+,36+,37-,38+,39+,40+,41?,42?,43?,44?,45?/m0/s1. The summed E-state index contributed by atoms with van der Waals surface area (Å²) in [5.74, 6) is -3.51. The minimum absolute atomic E-state index is 0.0954. The maximum atomic E-state index is 11.4. The number of aliphatic hydroxyl groups is 19. The van der Waals surface area contributed by atoms with Crippen LogP contribution in [0.3, 0.4) is 0 Å². The summed E-state index contributed by atoms with van der Waals surface area (Å²) in [7, 11) is 0. The summed E-state index contributed by atoms with van der Waals surface area (Å²) in [6, 6.07) is 0. The lowest BCUT2D eigenvalue weighted by Crippen LogP contribution is -2.67. The summed E-state index contributed by atoms with van der Waals surface area (Å²) in [6.07, 6.45) is -51.3. The van der Waals surface area contributed by atoms with Crippen molar-refractivity contribution in [2.75, 3.05) is 59.5 Å². The molecule has 0 aliphatic carbocycles. The average Bonchev–Trinajstić information content (AvgIpc) is 3.42. The molecule has 19 N–H and O–H groups in total. The summed E-state index contributed by atoms with van der Waals surface area (Å²) in [6.45, 7) is -7.21. The van der Waals surface area contributed by atoms with Gasteiger partial charge in [-0.1, -0.05) is 0 Å². The third kappa shape index (κ3) is 12.9. The minimum Gasteiger partial charge on any atom is -0.394 e. The number of hydrogen-bond donors (Lipinski definition) is 19. The largest absolute Gasteiger partial charge is 0.394 e. The molecule has 32 heteroatoms. The first-order chi connectivity index (χ1) is 36.8. The lowest BCUT2D eigenvalue weighted by molar-refractivity contribution is -0.385. The van der Waals surface area contributed by atoms with Gasteiger partial charge >= 0.3 is 0 Å². The Morgan fingerprint density at radius 2 is 0.597 bits per heavy atom. The van der Waals surface area contributed by atoms with E-state index in [2.05, 4.69) is 0 Å². The van der Waals surface area contributed by atoms with Crippen LogP contribution in [0.1, 0.15) is 19.3 Å². The molecule has 23 heterocycles. The molecule has 32 nitrogen and oxygen atoms in total. The van der Waals surface area contributed by atoms with Crippen molar-refractivity contribution in [2.45, 2.75) is 203 Å². The molecule has 0 spiro atoms. The van der Waals surface area contributed by atoms with Crippen LogP contribution in [0.25, 0.3) is 0 Å². The highest BCUT2D eigenvalue weighted by atomic mass is 16.8. The van der Waals surface area contributed by atoms with Gasteiger partial charge in [-0.25, -0.2) is 0 Å². The molecular weight excluding hydrogens is 1050 g/mol. The molecule has 0 amide bonds. The van der Waals surface area contributed by atoms with Crippen molar-refractivity contribution >= 4 is 0 Å². The van der Waals surface area contributed by atoms with E-state index in [0.29, 0.717) is 0 Å². The lowest BCUT2D eigenvalue weighted by atomic mass is 9.83. The van der Waals surface area contributed by atoms with E-state index in [9.17, 15) is 97.0 Å². The van der Waals surface area contributed by atoms with Gasteiger partial charge in [0, 0.05) is 30.6 Å². The molecule has 23 fully saturated rings. The minimum atomic E-state index is -2.12. The van der Waals surface area contributed by atoms with E-state index in [1.807, 2.05) is 0 Å². The Morgan fingerprint density at radius 1 is 0.260 bits per heavy atom. The molecule has 0 saturated carbocycles. The SMILES string of the molecule is OC[C@H]1OC2OC[C@H]3[C@H](O)[C@@H](O)C(O[C@H]4[C@H](O)CC(C[C@H]5[C@H](O)CC(O[C@H]6[C@H](O)[C@@H](O)C(O[C@H]7[C@H](O)[C@@H](O)C(O[C@H]8[C@H](O)[C@@H](O)C(OC[C@H]1[C@H](O)[C@H]2O)O[C@@H]8CO)O[C@@H]7CO)O[C@@H]6CO)O[C@@H]5CO)O[C@@H]4CO)O[C@@H]3CO. The van der Waals surface area contributed by atoms with Crippen LogP contribution < -0.4 is 0 Å². The van der Waals surface area contributed by atoms with E-state index >= 15 is 0 Å². The predicted molar refractivity (Wildman–Crippen MR) is 238 cm³/mol. The van der Waals surface area contributed by atoms with Crippen molar-refractivity contribution in [3.05, 3.63) is 0 Å². The molecule has 0 aromatic heterocycles. The van der Waals surface area contributed by atoms with Crippen LogP contribution in [0.2, 0.25) is 0 Å². The van der Waals surface area contributed by atoms with Gasteiger partial charge in [-0.05, 0) is 6.42 Å². The second-order valence-electron chi connectivity index (χ2n) is 20.7. The van der Waals surface area contributed by atoms with Crippen LogP contribution in [0.5, 0.6) is 0 Å². The smallest absolute Gasteiger partial charge is 0.187 e. The number of hydrogen-bond acceptors (Lipinski definition) is 32. The van der Waals surface area contributed by atoms with Crippen molar-refractivity contribution in [3.63, 3.8) is 0 Å². The lowest BCUT2D eigenvalue weighted by Gasteiger charge is -2.49. The van der Waals surface area contributed by atoms with E-state index < -0.39 is 261 Å². The third-order valence-electron chi connectivity index (χ3n) is 15.9.